The Balaban J connectivity index is 1.68. The van der Waals surface area contributed by atoms with E-state index in [1.807, 2.05) is 53.2 Å². The van der Waals surface area contributed by atoms with Crippen molar-refractivity contribution in [2.45, 2.75) is 6.92 Å². The van der Waals surface area contributed by atoms with E-state index in [-0.39, 0.29) is 0 Å². The molecule has 0 aliphatic carbocycles. The van der Waals surface area contributed by atoms with Gasteiger partial charge in [-0.3, -0.25) is 0 Å². The number of nitrogens with zero attached hydrogens (tertiary/aromatic N) is 2. The highest BCUT2D eigenvalue weighted by Gasteiger charge is 2.20. The van der Waals surface area contributed by atoms with E-state index in [9.17, 15) is 0 Å². The van der Waals surface area contributed by atoms with Crippen LogP contribution in [0, 0.1) is 6.92 Å². The van der Waals surface area contributed by atoms with Crippen LogP contribution in [0.3, 0.4) is 0 Å². The SMILES string of the molecule is Cc1ccc(/C=C/c2sc(Nc3ccccc3)n[n+]2-c2ccccc2)cc1. The van der Waals surface area contributed by atoms with Crippen LogP contribution in [0.5, 0.6) is 0 Å². The van der Waals surface area contributed by atoms with Crippen molar-refractivity contribution in [3.8, 4) is 5.69 Å². The fraction of sp³-hybridized carbons (Fsp3) is 0.0435. The van der Waals surface area contributed by atoms with Crippen LogP contribution in [0.25, 0.3) is 17.8 Å². The molecular weight excluding hydrogens is 350 g/mol. The maximum Gasteiger partial charge on any atom is 0.297 e. The lowest BCUT2D eigenvalue weighted by molar-refractivity contribution is -0.654. The number of benzene rings is 3. The van der Waals surface area contributed by atoms with E-state index in [2.05, 4.69) is 60.8 Å². The number of anilines is 2. The number of hydrogen-bond donors (Lipinski definition) is 1. The average Bonchev–Trinajstić information content (AvgIpc) is 3.12. The Morgan fingerprint density at radius 2 is 1.48 bits per heavy atom. The van der Waals surface area contributed by atoms with Crippen molar-refractivity contribution in [2.24, 2.45) is 0 Å². The molecule has 3 aromatic carbocycles. The third kappa shape index (κ3) is 4.30. The van der Waals surface area contributed by atoms with Gasteiger partial charge in [-0.15, -0.1) is 0 Å². The van der Waals surface area contributed by atoms with Gasteiger partial charge in [0.05, 0.1) is 0 Å². The zero-order chi connectivity index (χ0) is 18.5. The largest absolute Gasteiger partial charge is 0.327 e. The quantitative estimate of drug-likeness (QED) is 0.460. The molecule has 0 amide bonds. The van der Waals surface area contributed by atoms with E-state index in [0.717, 1.165) is 21.5 Å². The van der Waals surface area contributed by atoms with Gasteiger partial charge in [-0.25, -0.2) is 0 Å². The minimum atomic E-state index is 0.855. The Morgan fingerprint density at radius 3 is 2.19 bits per heavy atom. The van der Waals surface area contributed by atoms with Crippen molar-refractivity contribution in [3.05, 3.63) is 101 Å². The van der Waals surface area contributed by atoms with Gasteiger partial charge in [0.25, 0.3) is 10.1 Å². The van der Waals surface area contributed by atoms with Gasteiger partial charge in [-0.1, -0.05) is 66.2 Å². The number of hydrogen-bond acceptors (Lipinski definition) is 3. The van der Waals surface area contributed by atoms with E-state index in [1.54, 1.807) is 11.3 Å². The monoisotopic (exact) mass is 370 g/mol. The summed E-state index contributed by atoms with van der Waals surface area (Å²) in [6.07, 6.45) is 4.24. The molecule has 0 aliphatic rings. The fourth-order valence-corrected chi connectivity index (χ4v) is 3.56. The first kappa shape index (κ1) is 17.2. The molecule has 4 aromatic rings. The summed E-state index contributed by atoms with van der Waals surface area (Å²) in [4.78, 5) is 0. The number of aryl methyl sites for hydroxylation is 1. The Kier molecular flexibility index (Phi) is 5.08. The molecule has 0 saturated heterocycles. The molecular formula is C23H20N3S+. The minimum absolute atomic E-state index is 0.855. The van der Waals surface area contributed by atoms with Crippen LogP contribution in [-0.4, -0.2) is 5.10 Å². The molecule has 4 rings (SSSR count). The number of para-hydroxylation sites is 2. The molecule has 0 spiro atoms. The molecule has 3 nitrogen and oxygen atoms in total. The lowest BCUT2D eigenvalue weighted by atomic mass is 10.1. The molecule has 0 saturated carbocycles. The van der Waals surface area contributed by atoms with Crippen molar-refractivity contribution in [1.29, 1.82) is 0 Å². The number of aromatic nitrogens is 2. The van der Waals surface area contributed by atoms with E-state index in [4.69, 9.17) is 5.10 Å². The molecule has 0 aliphatic heterocycles. The first-order chi connectivity index (χ1) is 13.3. The smallest absolute Gasteiger partial charge is 0.297 e. The molecule has 1 heterocycles. The molecule has 1 aromatic heterocycles. The molecule has 132 valence electrons. The van der Waals surface area contributed by atoms with Gasteiger partial charge in [-0.2, -0.15) is 0 Å². The van der Waals surface area contributed by atoms with Gasteiger partial charge in [0.15, 0.2) is 0 Å². The lowest BCUT2D eigenvalue weighted by Gasteiger charge is -1.97. The zero-order valence-electron chi connectivity index (χ0n) is 15.0. The Hall–Kier alpha value is -3.24. The van der Waals surface area contributed by atoms with Gasteiger partial charge < -0.3 is 5.32 Å². The normalized spacial score (nSPS) is 11.0. The van der Waals surface area contributed by atoms with Gasteiger partial charge in [0, 0.05) is 29.0 Å². The maximum absolute atomic E-state index is 4.77. The van der Waals surface area contributed by atoms with Crippen LogP contribution < -0.4 is 10.00 Å². The second kappa shape index (κ2) is 7.98. The van der Waals surface area contributed by atoms with Gasteiger partial charge in [0.2, 0.25) is 5.69 Å². The van der Waals surface area contributed by atoms with Crippen LogP contribution in [0.1, 0.15) is 16.1 Å². The summed E-state index contributed by atoms with van der Waals surface area (Å²) in [6, 6.07) is 28.8. The number of rotatable bonds is 5. The van der Waals surface area contributed by atoms with E-state index < -0.39 is 0 Å². The predicted octanol–water partition coefficient (Wildman–Crippen LogP) is 5.64. The van der Waals surface area contributed by atoms with E-state index >= 15 is 0 Å². The zero-order valence-corrected chi connectivity index (χ0v) is 15.9. The van der Waals surface area contributed by atoms with Crippen molar-refractivity contribution in [2.75, 3.05) is 5.32 Å². The molecule has 0 unspecified atom stereocenters. The van der Waals surface area contributed by atoms with Crippen LogP contribution in [0.2, 0.25) is 0 Å². The van der Waals surface area contributed by atoms with Crippen molar-refractivity contribution in [3.63, 3.8) is 0 Å². The minimum Gasteiger partial charge on any atom is -0.327 e. The fourth-order valence-electron chi connectivity index (χ4n) is 2.70. The van der Waals surface area contributed by atoms with Crippen molar-refractivity contribution < 1.29 is 4.68 Å². The summed E-state index contributed by atoms with van der Waals surface area (Å²) in [7, 11) is 0. The van der Waals surface area contributed by atoms with Crippen molar-refractivity contribution >= 4 is 34.3 Å². The van der Waals surface area contributed by atoms with Crippen LogP contribution in [0.4, 0.5) is 10.8 Å². The average molecular weight is 371 g/mol. The predicted molar refractivity (Wildman–Crippen MR) is 113 cm³/mol. The number of nitrogens with one attached hydrogen (secondary N) is 1. The summed E-state index contributed by atoms with van der Waals surface area (Å²) in [5, 5.41) is 10.1. The Labute approximate surface area is 163 Å². The van der Waals surface area contributed by atoms with Gasteiger partial charge >= 0.3 is 0 Å². The highest BCUT2D eigenvalue weighted by atomic mass is 32.1. The highest BCUT2D eigenvalue weighted by Crippen LogP contribution is 2.22. The van der Waals surface area contributed by atoms with E-state index in [0.29, 0.717) is 0 Å². The lowest BCUT2D eigenvalue weighted by Crippen LogP contribution is -2.35. The van der Waals surface area contributed by atoms with Gasteiger partial charge in [0.1, 0.15) is 0 Å². The Bertz CT molecular complexity index is 1040. The maximum atomic E-state index is 4.77. The summed E-state index contributed by atoms with van der Waals surface area (Å²) in [6.45, 7) is 2.10. The standard InChI is InChI=1S/C23H20N3S/c1-18-12-14-19(15-13-18)16-17-22-26(21-10-6-3-7-11-21)25-23(27-22)24-20-8-4-2-5-9-20/h2-17H,1H3,(H,24,25)/q+1/b17-16+. The second-order valence-corrected chi connectivity index (χ2v) is 7.24. The first-order valence-corrected chi connectivity index (χ1v) is 9.65. The van der Waals surface area contributed by atoms with Crippen LogP contribution in [0.15, 0.2) is 84.9 Å². The summed E-state index contributed by atoms with van der Waals surface area (Å²) in [5.74, 6) is 0. The molecule has 0 fully saturated rings. The van der Waals surface area contributed by atoms with Crippen LogP contribution in [-0.2, 0) is 0 Å². The second-order valence-electron chi connectivity index (χ2n) is 6.23. The highest BCUT2D eigenvalue weighted by molar-refractivity contribution is 7.15. The Morgan fingerprint density at radius 1 is 0.815 bits per heavy atom. The topological polar surface area (TPSA) is 28.8 Å². The summed E-state index contributed by atoms with van der Waals surface area (Å²) in [5.41, 5.74) is 4.50. The summed E-state index contributed by atoms with van der Waals surface area (Å²) >= 11 is 1.63. The third-order valence-electron chi connectivity index (χ3n) is 4.12. The van der Waals surface area contributed by atoms with Crippen LogP contribution >= 0.6 is 11.3 Å². The third-order valence-corrected chi connectivity index (χ3v) is 5.02. The summed E-state index contributed by atoms with van der Waals surface area (Å²) < 4.78 is 1.97. The van der Waals surface area contributed by atoms with Crippen molar-refractivity contribution in [1.82, 2.24) is 5.10 Å². The van der Waals surface area contributed by atoms with E-state index in [1.165, 1.54) is 11.1 Å². The molecule has 0 radical (unpaired) electrons. The molecule has 1 N–H and O–H groups in total. The molecule has 27 heavy (non-hydrogen) atoms. The molecule has 0 bridgehead atoms. The first-order valence-electron chi connectivity index (χ1n) is 8.83. The van der Waals surface area contributed by atoms with Gasteiger partial charge in [-0.05, 0) is 46.7 Å². The molecule has 0 atom stereocenters. The molecule has 4 heteroatoms.